The van der Waals surface area contributed by atoms with E-state index in [2.05, 4.69) is 0 Å². The molecule has 1 aromatic heterocycles. The van der Waals surface area contributed by atoms with E-state index in [4.69, 9.17) is 4.74 Å². The standard InChI is InChI=1S/C13H11FO2S/c1-8-3-9(5-10(14)4-8)13(15)12-6-11(16-2)7-17-12/h3-7H,1-2H3. The lowest BCUT2D eigenvalue weighted by molar-refractivity contribution is 0.104. The Labute approximate surface area is 103 Å². The van der Waals surface area contributed by atoms with Crippen LogP contribution in [0.2, 0.25) is 0 Å². The smallest absolute Gasteiger partial charge is 0.203 e. The van der Waals surface area contributed by atoms with E-state index in [9.17, 15) is 9.18 Å². The van der Waals surface area contributed by atoms with Crippen LogP contribution in [-0.4, -0.2) is 12.9 Å². The van der Waals surface area contributed by atoms with Gasteiger partial charge in [0.05, 0.1) is 12.0 Å². The molecule has 1 aromatic carbocycles. The van der Waals surface area contributed by atoms with Crippen LogP contribution in [0.25, 0.3) is 0 Å². The van der Waals surface area contributed by atoms with Gasteiger partial charge < -0.3 is 4.74 Å². The second-order valence-corrected chi connectivity index (χ2v) is 4.61. The van der Waals surface area contributed by atoms with E-state index in [0.29, 0.717) is 16.2 Å². The fraction of sp³-hybridized carbons (Fsp3) is 0.154. The topological polar surface area (TPSA) is 26.3 Å². The average Bonchev–Trinajstić information content (AvgIpc) is 2.75. The summed E-state index contributed by atoms with van der Waals surface area (Å²) >= 11 is 1.29. The first kappa shape index (κ1) is 11.8. The molecule has 4 heteroatoms. The van der Waals surface area contributed by atoms with Crippen molar-refractivity contribution in [2.45, 2.75) is 6.92 Å². The number of carbonyl (C=O) groups excluding carboxylic acids is 1. The van der Waals surface area contributed by atoms with E-state index >= 15 is 0 Å². The number of carbonyl (C=O) groups is 1. The van der Waals surface area contributed by atoms with Crippen molar-refractivity contribution in [1.82, 2.24) is 0 Å². The first-order chi connectivity index (χ1) is 8.10. The van der Waals surface area contributed by atoms with Crippen molar-refractivity contribution in [2.75, 3.05) is 7.11 Å². The maximum Gasteiger partial charge on any atom is 0.203 e. The maximum absolute atomic E-state index is 13.2. The Kier molecular flexibility index (Phi) is 3.24. The highest BCUT2D eigenvalue weighted by Crippen LogP contribution is 2.24. The van der Waals surface area contributed by atoms with Crippen LogP contribution in [0.4, 0.5) is 4.39 Å². The lowest BCUT2D eigenvalue weighted by Gasteiger charge is -2.00. The monoisotopic (exact) mass is 250 g/mol. The van der Waals surface area contributed by atoms with Gasteiger partial charge in [0.25, 0.3) is 0 Å². The molecule has 2 rings (SSSR count). The molecule has 0 fully saturated rings. The maximum atomic E-state index is 13.2. The molecule has 0 radical (unpaired) electrons. The zero-order valence-corrected chi connectivity index (χ0v) is 10.3. The van der Waals surface area contributed by atoms with E-state index in [0.717, 1.165) is 5.56 Å². The minimum atomic E-state index is -0.392. The molecule has 17 heavy (non-hydrogen) atoms. The number of ether oxygens (including phenoxy) is 1. The van der Waals surface area contributed by atoms with Crippen LogP contribution in [0.1, 0.15) is 20.8 Å². The molecule has 0 bridgehead atoms. The van der Waals surface area contributed by atoms with Gasteiger partial charge in [0.2, 0.25) is 5.78 Å². The number of halogens is 1. The molecule has 0 N–H and O–H groups in total. The summed E-state index contributed by atoms with van der Waals surface area (Å²) in [5.74, 6) is 0.0734. The van der Waals surface area contributed by atoms with Crippen molar-refractivity contribution >= 4 is 17.1 Å². The minimum absolute atomic E-state index is 0.180. The van der Waals surface area contributed by atoms with Gasteiger partial charge in [-0.25, -0.2) is 4.39 Å². The van der Waals surface area contributed by atoms with Crippen molar-refractivity contribution in [3.05, 3.63) is 51.5 Å². The number of aryl methyl sites for hydroxylation is 1. The Balaban J connectivity index is 2.36. The van der Waals surface area contributed by atoms with Gasteiger partial charge in [-0.3, -0.25) is 4.79 Å². The molecule has 2 aromatic rings. The highest BCUT2D eigenvalue weighted by Gasteiger charge is 2.13. The SMILES string of the molecule is COc1csc(C(=O)c2cc(C)cc(F)c2)c1. The third-order valence-electron chi connectivity index (χ3n) is 2.34. The first-order valence-electron chi connectivity index (χ1n) is 5.04. The molecular weight excluding hydrogens is 239 g/mol. The highest BCUT2D eigenvalue weighted by molar-refractivity contribution is 7.12. The first-order valence-corrected chi connectivity index (χ1v) is 5.92. The largest absolute Gasteiger partial charge is 0.496 e. The molecule has 0 saturated heterocycles. The predicted octanol–water partition coefficient (Wildman–Crippen LogP) is 3.44. The number of benzene rings is 1. The molecule has 0 atom stereocenters. The molecule has 2 nitrogen and oxygen atoms in total. The zero-order valence-electron chi connectivity index (χ0n) is 9.49. The molecule has 0 amide bonds. The van der Waals surface area contributed by atoms with Gasteiger partial charge in [-0.15, -0.1) is 11.3 Å². The summed E-state index contributed by atoms with van der Waals surface area (Å²) in [6.45, 7) is 1.76. The van der Waals surface area contributed by atoms with E-state index < -0.39 is 5.82 Å². The van der Waals surface area contributed by atoms with Crippen LogP contribution >= 0.6 is 11.3 Å². The molecule has 0 unspecified atom stereocenters. The number of methoxy groups -OCH3 is 1. The lowest BCUT2D eigenvalue weighted by Crippen LogP contribution is -2.00. The number of hydrogen-bond acceptors (Lipinski definition) is 3. The van der Waals surface area contributed by atoms with Crippen molar-refractivity contribution < 1.29 is 13.9 Å². The molecule has 0 saturated carbocycles. The van der Waals surface area contributed by atoms with Gasteiger partial charge in [-0.1, -0.05) is 0 Å². The fourth-order valence-electron chi connectivity index (χ4n) is 1.55. The van der Waals surface area contributed by atoms with Crippen LogP contribution in [-0.2, 0) is 0 Å². The van der Waals surface area contributed by atoms with Gasteiger partial charge in [-0.05, 0) is 30.7 Å². The van der Waals surface area contributed by atoms with E-state index in [1.807, 2.05) is 0 Å². The van der Waals surface area contributed by atoms with Gasteiger partial charge in [0.1, 0.15) is 11.6 Å². The van der Waals surface area contributed by atoms with Gasteiger partial charge in [-0.2, -0.15) is 0 Å². The number of hydrogen-bond donors (Lipinski definition) is 0. The normalized spacial score (nSPS) is 10.3. The highest BCUT2D eigenvalue weighted by atomic mass is 32.1. The predicted molar refractivity (Wildman–Crippen MR) is 65.4 cm³/mol. The third kappa shape index (κ3) is 2.53. The summed E-state index contributed by atoms with van der Waals surface area (Å²) in [7, 11) is 1.54. The number of ketones is 1. The summed E-state index contributed by atoms with van der Waals surface area (Å²) in [5, 5.41) is 1.75. The van der Waals surface area contributed by atoms with E-state index in [-0.39, 0.29) is 5.78 Å². The van der Waals surface area contributed by atoms with Crippen LogP contribution in [0.5, 0.6) is 5.75 Å². The Morgan fingerprint density at radius 2 is 2.06 bits per heavy atom. The quantitative estimate of drug-likeness (QED) is 0.780. The summed E-state index contributed by atoms with van der Waals surface area (Å²) in [6, 6.07) is 5.98. The van der Waals surface area contributed by atoms with Crippen LogP contribution in [0.3, 0.4) is 0 Å². The second kappa shape index (κ2) is 4.67. The van der Waals surface area contributed by atoms with Gasteiger partial charge in [0.15, 0.2) is 0 Å². The van der Waals surface area contributed by atoms with Crippen molar-refractivity contribution in [1.29, 1.82) is 0 Å². The molecule has 88 valence electrons. The van der Waals surface area contributed by atoms with Crippen molar-refractivity contribution in [2.24, 2.45) is 0 Å². The Hall–Kier alpha value is -1.68. The fourth-order valence-corrected chi connectivity index (χ4v) is 2.37. The number of rotatable bonds is 3. The van der Waals surface area contributed by atoms with E-state index in [1.54, 1.807) is 31.5 Å². The van der Waals surface area contributed by atoms with E-state index in [1.165, 1.54) is 23.5 Å². The summed E-state index contributed by atoms with van der Waals surface area (Å²) in [5.41, 5.74) is 1.10. The third-order valence-corrected chi connectivity index (χ3v) is 3.25. The minimum Gasteiger partial charge on any atom is -0.496 e. The number of thiophene rings is 1. The summed E-state index contributed by atoms with van der Waals surface area (Å²) < 4.78 is 18.2. The molecular formula is C13H11FO2S. The summed E-state index contributed by atoms with van der Waals surface area (Å²) in [4.78, 5) is 12.6. The molecule has 0 aliphatic carbocycles. The van der Waals surface area contributed by atoms with Gasteiger partial charge in [0, 0.05) is 17.0 Å². The average molecular weight is 250 g/mol. The van der Waals surface area contributed by atoms with Crippen LogP contribution in [0.15, 0.2) is 29.6 Å². The Morgan fingerprint density at radius 3 is 2.65 bits per heavy atom. The lowest BCUT2D eigenvalue weighted by atomic mass is 10.1. The van der Waals surface area contributed by atoms with Crippen molar-refractivity contribution in [3.63, 3.8) is 0 Å². The zero-order chi connectivity index (χ0) is 12.4. The van der Waals surface area contributed by atoms with Gasteiger partial charge >= 0.3 is 0 Å². The molecule has 0 aliphatic rings. The molecule has 1 heterocycles. The van der Waals surface area contributed by atoms with Crippen LogP contribution < -0.4 is 4.74 Å². The summed E-state index contributed by atoms with van der Waals surface area (Å²) in [6.07, 6.45) is 0. The molecule has 0 aliphatic heterocycles. The Bertz CT molecular complexity index is 540. The van der Waals surface area contributed by atoms with Crippen LogP contribution in [0, 0.1) is 12.7 Å². The Morgan fingerprint density at radius 1 is 1.29 bits per heavy atom. The van der Waals surface area contributed by atoms with Crippen molar-refractivity contribution in [3.8, 4) is 5.75 Å². The molecule has 0 spiro atoms. The second-order valence-electron chi connectivity index (χ2n) is 3.70.